The fourth-order valence-electron chi connectivity index (χ4n) is 3.25. The van der Waals surface area contributed by atoms with Gasteiger partial charge in [-0.1, -0.05) is 0 Å². The molecule has 3 rings (SSSR count). The maximum Gasteiger partial charge on any atom is 0.236 e. The smallest absolute Gasteiger partial charge is 0.236 e. The van der Waals surface area contributed by atoms with Crippen molar-refractivity contribution >= 4 is 17.0 Å². The Morgan fingerprint density at radius 1 is 1.10 bits per heavy atom. The van der Waals surface area contributed by atoms with Crippen molar-refractivity contribution in [2.24, 2.45) is 0 Å². The minimum Gasteiger partial charge on any atom is -0.493 e. The minimum atomic E-state index is -0.00237. The first-order chi connectivity index (χ1) is 14.6. The molecular weight excluding hydrogens is 384 g/mol. The van der Waals surface area contributed by atoms with Gasteiger partial charge in [0.15, 0.2) is 28.5 Å². The molecule has 0 aliphatic carbocycles. The van der Waals surface area contributed by atoms with E-state index in [0.29, 0.717) is 53.6 Å². The second kappa shape index (κ2) is 9.01. The van der Waals surface area contributed by atoms with Crippen LogP contribution in [-0.2, 0) is 13.0 Å². The summed E-state index contributed by atoms with van der Waals surface area (Å²) in [5.41, 5.74) is 7.89. The predicted octanol–water partition coefficient (Wildman–Crippen LogP) is 2.31. The number of hydrogen-bond donors (Lipinski definition) is 1. The fourth-order valence-corrected chi connectivity index (χ4v) is 3.25. The fraction of sp³-hybridized carbons (Fsp3) is 0.333. The van der Waals surface area contributed by atoms with E-state index in [-0.39, 0.29) is 11.6 Å². The number of nitrogens with two attached hydrogens (primary N) is 1. The number of unbranched alkanes of at least 4 members (excludes halogenated alkanes) is 1. The van der Waals surface area contributed by atoms with Crippen molar-refractivity contribution in [1.29, 1.82) is 5.26 Å². The van der Waals surface area contributed by atoms with Gasteiger partial charge in [-0.25, -0.2) is 4.98 Å². The SMILES string of the molecule is C#CCCCn1c(Cc2cc(OC)c(OC)c(OC)c2)nc2c(N)nc(C#N)nc21. The van der Waals surface area contributed by atoms with Gasteiger partial charge in [0.25, 0.3) is 0 Å². The quantitative estimate of drug-likeness (QED) is 0.447. The first kappa shape index (κ1) is 20.7. The van der Waals surface area contributed by atoms with Crippen molar-refractivity contribution < 1.29 is 14.2 Å². The van der Waals surface area contributed by atoms with Crippen LogP contribution >= 0.6 is 0 Å². The van der Waals surface area contributed by atoms with Crippen LogP contribution in [0, 0.1) is 23.7 Å². The summed E-state index contributed by atoms with van der Waals surface area (Å²) in [6, 6.07) is 5.66. The van der Waals surface area contributed by atoms with Gasteiger partial charge in [0.2, 0.25) is 11.6 Å². The van der Waals surface area contributed by atoms with Crippen LogP contribution in [0.4, 0.5) is 5.82 Å². The first-order valence-electron chi connectivity index (χ1n) is 9.21. The lowest BCUT2D eigenvalue weighted by atomic mass is 10.1. The number of imidazole rings is 1. The normalized spacial score (nSPS) is 10.4. The lowest BCUT2D eigenvalue weighted by molar-refractivity contribution is 0.324. The van der Waals surface area contributed by atoms with E-state index in [4.69, 9.17) is 26.4 Å². The Morgan fingerprint density at radius 3 is 2.37 bits per heavy atom. The third kappa shape index (κ3) is 3.91. The molecule has 3 aromatic rings. The Hall–Kier alpha value is -3.98. The summed E-state index contributed by atoms with van der Waals surface area (Å²) < 4.78 is 18.2. The number of benzene rings is 1. The summed E-state index contributed by atoms with van der Waals surface area (Å²) in [5.74, 6) is 5.12. The summed E-state index contributed by atoms with van der Waals surface area (Å²) in [7, 11) is 4.69. The van der Waals surface area contributed by atoms with Crippen LogP contribution in [0.5, 0.6) is 17.2 Å². The van der Waals surface area contributed by atoms with E-state index in [1.807, 2.05) is 22.8 Å². The Bertz CT molecular complexity index is 1130. The van der Waals surface area contributed by atoms with E-state index in [0.717, 1.165) is 12.0 Å². The third-order valence-electron chi connectivity index (χ3n) is 4.59. The number of nitriles is 1. The van der Waals surface area contributed by atoms with Crippen LogP contribution in [0.2, 0.25) is 0 Å². The molecule has 0 aliphatic rings. The molecule has 2 heterocycles. The lowest BCUT2D eigenvalue weighted by Gasteiger charge is -2.14. The van der Waals surface area contributed by atoms with Crippen molar-refractivity contribution in [3.05, 3.63) is 29.3 Å². The van der Waals surface area contributed by atoms with Crippen molar-refractivity contribution in [1.82, 2.24) is 19.5 Å². The highest BCUT2D eigenvalue weighted by Crippen LogP contribution is 2.38. The Labute approximate surface area is 174 Å². The van der Waals surface area contributed by atoms with Gasteiger partial charge < -0.3 is 24.5 Å². The molecule has 9 nitrogen and oxygen atoms in total. The van der Waals surface area contributed by atoms with Crippen molar-refractivity contribution in [3.63, 3.8) is 0 Å². The molecule has 0 bridgehead atoms. The number of terminal acetylenes is 1. The van der Waals surface area contributed by atoms with Crippen LogP contribution in [0.1, 0.15) is 30.1 Å². The number of rotatable bonds is 8. The third-order valence-corrected chi connectivity index (χ3v) is 4.59. The molecule has 0 fully saturated rings. The molecule has 30 heavy (non-hydrogen) atoms. The minimum absolute atomic E-state index is 0.00237. The van der Waals surface area contributed by atoms with Crippen LogP contribution in [0.25, 0.3) is 11.2 Å². The lowest BCUT2D eigenvalue weighted by Crippen LogP contribution is -2.07. The number of hydrogen-bond acceptors (Lipinski definition) is 8. The highest BCUT2D eigenvalue weighted by atomic mass is 16.5. The summed E-state index contributed by atoms with van der Waals surface area (Å²) in [5, 5.41) is 9.21. The van der Waals surface area contributed by atoms with Crippen LogP contribution in [-0.4, -0.2) is 40.8 Å². The van der Waals surface area contributed by atoms with E-state index >= 15 is 0 Å². The predicted molar refractivity (Wildman–Crippen MR) is 111 cm³/mol. The van der Waals surface area contributed by atoms with Crippen molar-refractivity contribution in [3.8, 4) is 35.7 Å². The highest BCUT2D eigenvalue weighted by Gasteiger charge is 2.19. The molecule has 0 saturated carbocycles. The highest BCUT2D eigenvalue weighted by molar-refractivity contribution is 5.82. The number of fused-ring (bicyclic) bond motifs is 1. The zero-order valence-electron chi connectivity index (χ0n) is 17.1. The Morgan fingerprint density at radius 2 is 1.80 bits per heavy atom. The average Bonchev–Trinajstić information content (AvgIpc) is 3.10. The van der Waals surface area contributed by atoms with Gasteiger partial charge in [0, 0.05) is 19.4 Å². The van der Waals surface area contributed by atoms with E-state index < -0.39 is 0 Å². The number of nitrogens with zero attached hydrogens (tertiary/aromatic N) is 5. The Kier molecular flexibility index (Phi) is 6.23. The molecule has 0 unspecified atom stereocenters. The largest absolute Gasteiger partial charge is 0.493 e. The van der Waals surface area contributed by atoms with E-state index in [1.54, 1.807) is 21.3 Å². The number of nitrogen functional groups attached to an aromatic ring is 1. The maximum absolute atomic E-state index is 9.21. The average molecular weight is 406 g/mol. The Balaban J connectivity index is 2.11. The number of aromatic nitrogens is 4. The van der Waals surface area contributed by atoms with Gasteiger partial charge in [-0.15, -0.1) is 12.3 Å². The molecule has 9 heteroatoms. The van der Waals surface area contributed by atoms with Gasteiger partial charge in [-0.2, -0.15) is 15.2 Å². The summed E-state index contributed by atoms with van der Waals surface area (Å²) in [6.07, 6.45) is 7.19. The monoisotopic (exact) mass is 406 g/mol. The molecule has 2 aromatic heterocycles. The molecule has 0 aliphatic heterocycles. The van der Waals surface area contributed by atoms with Gasteiger partial charge >= 0.3 is 0 Å². The van der Waals surface area contributed by atoms with Gasteiger partial charge in [-0.3, -0.25) is 0 Å². The topological polar surface area (TPSA) is 121 Å². The van der Waals surface area contributed by atoms with Crippen molar-refractivity contribution in [2.75, 3.05) is 27.1 Å². The molecule has 2 N–H and O–H groups in total. The van der Waals surface area contributed by atoms with Gasteiger partial charge in [0.1, 0.15) is 11.9 Å². The maximum atomic E-state index is 9.21. The summed E-state index contributed by atoms with van der Waals surface area (Å²) in [6.45, 7) is 0.585. The van der Waals surface area contributed by atoms with Crippen molar-refractivity contribution in [2.45, 2.75) is 25.8 Å². The molecule has 1 aromatic carbocycles. The van der Waals surface area contributed by atoms with Crippen LogP contribution in [0.3, 0.4) is 0 Å². The second-order valence-corrected chi connectivity index (χ2v) is 6.41. The standard InChI is InChI=1S/C21H22N6O3/c1-5-6-7-8-27-17(26-18-20(23)24-16(12-22)25-21(18)27)11-13-9-14(28-2)19(30-4)15(10-13)29-3/h1,9-10H,6-8,11H2,2-4H3,(H2,23,24,25). The summed E-state index contributed by atoms with van der Waals surface area (Å²) in [4.78, 5) is 13.0. The number of methoxy groups -OCH3 is 3. The van der Waals surface area contributed by atoms with Gasteiger partial charge in [0.05, 0.1) is 21.3 Å². The number of aryl methyl sites for hydroxylation is 1. The van der Waals surface area contributed by atoms with Crippen LogP contribution < -0.4 is 19.9 Å². The molecule has 0 spiro atoms. The molecule has 0 saturated heterocycles. The first-order valence-corrected chi connectivity index (χ1v) is 9.21. The molecule has 0 radical (unpaired) electrons. The van der Waals surface area contributed by atoms with E-state index in [2.05, 4.69) is 20.9 Å². The van der Waals surface area contributed by atoms with E-state index in [9.17, 15) is 5.26 Å². The zero-order valence-corrected chi connectivity index (χ0v) is 17.1. The molecular formula is C21H22N6O3. The zero-order chi connectivity index (χ0) is 21.7. The number of anilines is 1. The number of ether oxygens (including phenoxy) is 3. The molecule has 154 valence electrons. The molecule has 0 atom stereocenters. The molecule has 0 amide bonds. The van der Waals surface area contributed by atoms with Gasteiger partial charge in [-0.05, 0) is 24.1 Å². The summed E-state index contributed by atoms with van der Waals surface area (Å²) >= 11 is 0. The van der Waals surface area contributed by atoms with E-state index in [1.165, 1.54) is 0 Å². The van der Waals surface area contributed by atoms with Crippen LogP contribution in [0.15, 0.2) is 12.1 Å². The second-order valence-electron chi connectivity index (χ2n) is 6.41.